The number of alkyl halides is 3. The van der Waals surface area contributed by atoms with Crippen molar-refractivity contribution in [3.8, 4) is 6.07 Å². The summed E-state index contributed by atoms with van der Waals surface area (Å²) in [6, 6.07) is 1.55. The molecule has 0 aromatic carbocycles. The second-order valence-corrected chi connectivity index (χ2v) is 4.67. The molecule has 1 heterocycles. The summed E-state index contributed by atoms with van der Waals surface area (Å²) in [5.74, 6) is -1.51. The lowest BCUT2D eigenvalue weighted by Crippen LogP contribution is -2.40. The van der Waals surface area contributed by atoms with Gasteiger partial charge in [0, 0.05) is 12.6 Å². The molecule has 0 N–H and O–H groups in total. The van der Waals surface area contributed by atoms with Gasteiger partial charge in [-0.25, -0.2) is 0 Å². The van der Waals surface area contributed by atoms with Gasteiger partial charge in [0.25, 0.3) is 0 Å². The molecule has 1 saturated heterocycles. The summed E-state index contributed by atoms with van der Waals surface area (Å²) in [6.45, 7) is 4.52. The predicted octanol–water partition coefficient (Wildman–Crippen LogP) is 2.81. The van der Waals surface area contributed by atoms with Crippen molar-refractivity contribution in [2.24, 2.45) is 11.8 Å². The molecule has 2 nitrogen and oxygen atoms in total. The van der Waals surface area contributed by atoms with E-state index in [4.69, 9.17) is 5.26 Å². The zero-order valence-corrected chi connectivity index (χ0v) is 9.59. The summed E-state index contributed by atoms with van der Waals surface area (Å²) in [4.78, 5) is 1.81. The minimum absolute atomic E-state index is 0.178. The third kappa shape index (κ3) is 3.11. The molecule has 0 radical (unpaired) electrons. The fraction of sp³-hybridized carbons (Fsp3) is 0.909. The summed E-state index contributed by atoms with van der Waals surface area (Å²) in [7, 11) is 0. The molecule has 0 bridgehead atoms. The number of nitriles is 1. The van der Waals surface area contributed by atoms with Crippen molar-refractivity contribution >= 4 is 0 Å². The van der Waals surface area contributed by atoms with E-state index in [1.54, 1.807) is 0 Å². The van der Waals surface area contributed by atoms with Crippen molar-refractivity contribution in [3.63, 3.8) is 0 Å². The number of likely N-dealkylation sites (tertiary alicyclic amines) is 1. The maximum atomic E-state index is 12.5. The third-order valence-corrected chi connectivity index (χ3v) is 3.15. The Bertz CT molecular complexity index is 267. The zero-order valence-electron chi connectivity index (χ0n) is 9.59. The van der Waals surface area contributed by atoms with E-state index < -0.39 is 12.1 Å². The molecule has 0 aromatic heterocycles. The second-order valence-electron chi connectivity index (χ2n) is 4.67. The minimum Gasteiger partial charge on any atom is -0.298 e. The van der Waals surface area contributed by atoms with Gasteiger partial charge in [-0.2, -0.15) is 18.4 Å². The Labute approximate surface area is 94.0 Å². The molecule has 0 aromatic rings. The highest BCUT2D eigenvalue weighted by Crippen LogP contribution is 2.30. The van der Waals surface area contributed by atoms with E-state index in [0.717, 1.165) is 12.8 Å². The molecule has 5 heteroatoms. The van der Waals surface area contributed by atoms with E-state index in [-0.39, 0.29) is 12.6 Å². The van der Waals surface area contributed by atoms with E-state index in [0.29, 0.717) is 12.5 Å². The quantitative estimate of drug-likeness (QED) is 0.750. The average Bonchev–Trinajstić information content (AvgIpc) is 2.59. The molecule has 0 aliphatic carbocycles. The van der Waals surface area contributed by atoms with Crippen LogP contribution in [0.1, 0.15) is 26.7 Å². The molecule has 16 heavy (non-hydrogen) atoms. The number of hydrogen-bond acceptors (Lipinski definition) is 2. The Morgan fingerprint density at radius 1 is 1.44 bits per heavy atom. The molecular formula is C11H17F3N2. The summed E-state index contributed by atoms with van der Waals surface area (Å²) in [6.07, 6.45) is -2.54. The molecule has 1 aliphatic rings. The maximum absolute atomic E-state index is 12.5. The van der Waals surface area contributed by atoms with E-state index in [2.05, 4.69) is 0 Å². The third-order valence-electron chi connectivity index (χ3n) is 3.15. The first-order valence-corrected chi connectivity index (χ1v) is 5.56. The van der Waals surface area contributed by atoms with Gasteiger partial charge in [0.1, 0.15) is 0 Å². The van der Waals surface area contributed by atoms with Gasteiger partial charge in [0.05, 0.1) is 6.07 Å². The Kier molecular flexibility index (Phi) is 4.20. The van der Waals surface area contributed by atoms with Gasteiger partial charge in [0.15, 0.2) is 5.92 Å². The molecule has 0 amide bonds. The van der Waals surface area contributed by atoms with Crippen LogP contribution in [0.4, 0.5) is 13.2 Å². The first-order valence-electron chi connectivity index (χ1n) is 5.56. The van der Waals surface area contributed by atoms with Gasteiger partial charge >= 0.3 is 6.18 Å². The van der Waals surface area contributed by atoms with E-state index >= 15 is 0 Å². The molecule has 2 atom stereocenters. The van der Waals surface area contributed by atoms with Crippen LogP contribution in [0.25, 0.3) is 0 Å². The van der Waals surface area contributed by atoms with Crippen molar-refractivity contribution in [1.29, 1.82) is 5.26 Å². The SMILES string of the molecule is CC(C)C1CCCN1CC(C#N)C(F)(F)F. The van der Waals surface area contributed by atoms with Crippen LogP contribution in [0.2, 0.25) is 0 Å². The normalized spacial score (nSPS) is 24.7. The standard InChI is InChI=1S/C11H17F3N2/c1-8(2)10-4-3-5-16(10)7-9(6-15)11(12,13)14/h8-10H,3-5,7H2,1-2H3. The average molecular weight is 234 g/mol. The minimum atomic E-state index is -4.40. The first kappa shape index (κ1) is 13.3. The van der Waals surface area contributed by atoms with Crippen molar-refractivity contribution in [3.05, 3.63) is 0 Å². The lowest BCUT2D eigenvalue weighted by molar-refractivity contribution is -0.164. The van der Waals surface area contributed by atoms with Crippen LogP contribution in [0.15, 0.2) is 0 Å². The lowest BCUT2D eigenvalue weighted by Gasteiger charge is -2.29. The van der Waals surface area contributed by atoms with Crippen LogP contribution in [0.5, 0.6) is 0 Å². The van der Waals surface area contributed by atoms with Gasteiger partial charge in [-0.05, 0) is 25.3 Å². The summed E-state index contributed by atoms with van der Waals surface area (Å²) in [5, 5.41) is 8.55. The van der Waals surface area contributed by atoms with Gasteiger partial charge < -0.3 is 0 Å². The summed E-state index contributed by atoms with van der Waals surface area (Å²) >= 11 is 0. The number of halogens is 3. The van der Waals surface area contributed by atoms with Crippen molar-refractivity contribution < 1.29 is 13.2 Å². The van der Waals surface area contributed by atoms with Gasteiger partial charge in [0.2, 0.25) is 0 Å². The highest BCUT2D eigenvalue weighted by molar-refractivity contribution is 4.93. The number of hydrogen-bond donors (Lipinski definition) is 0. The van der Waals surface area contributed by atoms with E-state index in [1.165, 1.54) is 6.07 Å². The Morgan fingerprint density at radius 2 is 2.06 bits per heavy atom. The molecule has 0 spiro atoms. The molecule has 92 valence electrons. The fourth-order valence-corrected chi connectivity index (χ4v) is 2.29. The predicted molar refractivity (Wildman–Crippen MR) is 54.6 cm³/mol. The molecule has 0 saturated carbocycles. The summed E-state index contributed by atoms with van der Waals surface area (Å²) < 4.78 is 37.4. The topological polar surface area (TPSA) is 27.0 Å². The second kappa shape index (κ2) is 5.05. The lowest BCUT2D eigenvalue weighted by atomic mass is 10.0. The molecule has 1 aliphatic heterocycles. The largest absolute Gasteiger partial charge is 0.405 e. The Morgan fingerprint density at radius 3 is 2.50 bits per heavy atom. The fourth-order valence-electron chi connectivity index (χ4n) is 2.29. The highest BCUT2D eigenvalue weighted by atomic mass is 19.4. The van der Waals surface area contributed by atoms with Crippen LogP contribution >= 0.6 is 0 Å². The van der Waals surface area contributed by atoms with Crippen LogP contribution in [-0.4, -0.2) is 30.2 Å². The highest BCUT2D eigenvalue weighted by Gasteiger charge is 2.42. The number of nitrogens with zero attached hydrogens (tertiary/aromatic N) is 2. The Hall–Kier alpha value is -0.760. The first-order chi connectivity index (χ1) is 7.36. The van der Waals surface area contributed by atoms with Crippen molar-refractivity contribution in [2.75, 3.05) is 13.1 Å². The van der Waals surface area contributed by atoms with Crippen LogP contribution in [0.3, 0.4) is 0 Å². The van der Waals surface area contributed by atoms with Gasteiger partial charge in [-0.1, -0.05) is 13.8 Å². The van der Waals surface area contributed by atoms with E-state index in [9.17, 15) is 13.2 Å². The zero-order chi connectivity index (χ0) is 12.3. The number of rotatable bonds is 3. The molecular weight excluding hydrogens is 217 g/mol. The van der Waals surface area contributed by atoms with Crippen LogP contribution < -0.4 is 0 Å². The molecule has 1 fully saturated rings. The Balaban J connectivity index is 2.62. The maximum Gasteiger partial charge on any atom is 0.405 e. The van der Waals surface area contributed by atoms with Gasteiger partial charge in [-0.3, -0.25) is 4.90 Å². The van der Waals surface area contributed by atoms with Crippen LogP contribution in [0, 0.1) is 23.2 Å². The summed E-state index contributed by atoms with van der Waals surface area (Å²) in [5.41, 5.74) is 0. The van der Waals surface area contributed by atoms with Crippen LogP contribution in [-0.2, 0) is 0 Å². The molecule has 2 unspecified atom stereocenters. The van der Waals surface area contributed by atoms with E-state index in [1.807, 2.05) is 18.7 Å². The van der Waals surface area contributed by atoms with Crippen molar-refractivity contribution in [1.82, 2.24) is 4.90 Å². The smallest absolute Gasteiger partial charge is 0.298 e. The van der Waals surface area contributed by atoms with Crippen molar-refractivity contribution in [2.45, 2.75) is 38.9 Å². The van der Waals surface area contributed by atoms with Gasteiger partial charge in [-0.15, -0.1) is 0 Å². The molecule has 1 rings (SSSR count). The monoisotopic (exact) mass is 234 g/mol.